The maximum atomic E-state index is 13.6. The van der Waals surface area contributed by atoms with Gasteiger partial charge in [0.25, 0.3) is 7.82 Å². The lowest BCUT2D eigenvalue weighted by Gasteiger charge is -2.30. The molecule has 9 nitrogen and oxygen atoms in total. The summed E-state index contributed by atoms with van der Waals surface area (Å²) in [6, 6.07) is -0.890. The normalized spacial score (nSPS) is 14.0. The molecule has 450 valence electrons. The maximum Gasteiger partial charge on any atom is 0.306 e. The lowest BCUT2D eigenvalue weighted by Crippen LogP contribution is -2.47. The Balaban J connectivity index is 5.14. The third-order valence-electron chi connectivity index (χ3n) is 14.5. The molecular weight excluding hydrogens is 976 g/mol. The first-order valence-corrected chi connectivity index (χ1v) is 34.1. The Hall–Kier alpha value is -2.29. The van der Waals surface area contributed by atoms with E-state index in [9.17, 15) is 19.0 Å². The van der Waals surface area contributed by atoms with Gasteiger partial charge in [0.15, 0.2) is 0 Å². The Morgan fingerprint density at radius 3 is 1.21 bits per heavy atom. The zero-order valence-electron chi connectivity index (χ0n) is 51.4. The fourth-order valence-corrected chi connectivity index (χ4v) is 10.1. The summed E-state index contributed by atoms with van der Waals surface area (Å²) in [5, 5.41) is 3.03. The van der Waals surface area contributed by atoms with Gasteiger partial charge in [-0.3, -0.25) is 14.2 Å². The van der Waals surface area contributed by atoms with Crippen LogP contribution in [-0.4, -0.2) is 69.4 Å². The number of amides is 1. The zero-order chi connectivity index (χ0) is 56.4. The number of esters is 1. The van der Waals surface area contributed by atoms with E-state index in [0.29, 0.717) is 17.4 Å². The minimum atomic E-state index is -4.70. The third-order valence-corrected chi connectivity index (χ3v) is 15.4. The van der Waals surface area contributed by atoms with Crippen molar-refractivity contribution in [2.45, 2.75) is 315 Å². The van der Waals surface area contributed by atoms with Gasteiger partial charge >= 0.3 is 5.97 Å². The Labute approximate surface area is 477 Å². The molecule has 0 aromatic heterocycles. The number of carbonyl (C=O) groups excluding carboxylic acids is 2. The summed E-state index contributed by atoms with van der Waals surface area (Å²) in [6.45, 7) is 6.83. The van der Waals surface area contributed by atoms with Crippen LogP contribution in [0.5, 0.6) is 0 Å². The largest absolute Gasteiger partial charge is 0.756 e. The highest BCUT2D eigenvalue weighted by molar-refractivity contribution is 7.45. The van der Waals surface area contributed by atoms with E-state index in [-0.39, 0.29) is 31.5 Å². The van der Waals surface area contributed by atoms with Crippen molar-refractivity contribution in [3.8, 4) is 0 Å². The Kier molecular flexibility index (Phi) is 55.3. The number of phosphoric acid groups is 1. The first-order valence-electron chi connectivity index (χ1n) is 32.6. The maximum absolute atomic E-state index is 13.6. The monoisotopic (exact) mass is 1100 g/mol. The van der Waals surface area contributed by atoms with E-state index in [4.69, 9.17) is 13.8 Å². The van der Waals surface area contributed by atoms with Crippen LogP contribution < -0.4 is 10.2 Å². The number of likely N-dealkylation sites (N-methyl/N-ethyl adjacent to an activating group) is 1. The minimum Gasteiger partial charge on any atom is -0.756 e. The molecule has 0 saturated heterocycles. The molecule has 0 aromatic rings. The highest BCUT2D eigenvalue weighted by atomic mass is 31.2. The van der Waals surface area contributed by atoms with Crippen molar-refractivity contribution in [3.05, 3.63) is 60.8 Å². The third kappa shape index (κ3) is 58.2. The number of hydrogen-bond donors (Lipinski definition) is 1. The molecule has 3 unspecified atom stereocenters. The predicted octanol–water partition coefficient (Wildman–Crippen LogP) is 19.6. The molecule has 77 heavy (non-hydrogen) atoms. The van der Waals surface area contributed by atoms with Crippen LogP contribution in [-0.2, 0) is 27.9 Å². The van der Waals surface area contributed by atoms with Crippen LogP contribution in [0.4, 0.5) is 0 Å². The molecule has 0 rings (SSSR count). The number of nitrogens with one attached hydrogen (secondary N) is 1. The summed E-state index contributed by atoms with van der Waals surface area (Å²) in [5.41, 5.74) is 0. The van der Waals surface area contributed by atoms with Gasteiger partial charge in [0.1, 0.15) is 19.3 Å². The number of quaternary nitrogens is 1. The van der Waals surface area contributed by atoms with Crippen molar-refractivity contribution in [2.75, 3.05) is 40.9 Å². The van der Waals surface area contributed by atoms with Crippen LogP contribution in [0.3, 0.4) is 0 Å². The number of ether oxygens (including phenoxy) is 1. The molecule has 0 heterocycles. The van der Waals surface area contributed by atoms with E-state index in [1.54, 1.807) is 0 Å². The molecule has 3 atom stereocenters. The lowest BCUT2D eigenvalue weighted by atomic mass is 10.0. The van der Waals surface area contributed by atoms with Gasteiger partial charge in [-0.1, -0.05) is 275 Å². The van der Waals surface area contributed by atoms with Gasteiger partial charge in [0, 0.05) is 12.8 Å². The number of rotatable bonds is 59. The van der Waals surface area contributed by atoms with E-state index >= 15 is 0 Å². The van der Waals surface area contributed by atoms with Gasteiger partial charge in [-0.25, -0.2) is 0 Å². The Morgan fingerprint density at radius 2 is 0.792 bits per heavy atom. The molecule has 0 fully saturated rings. The molecule has 1 N–H and O–H groups in total. The van der Waals surface area contributed by atoms with Crippen molar-refractivity contribution in [3.63, 3.8) is 0 Å². The average molecular weight is 1100 g/mol. The van der Waals surface area contributed by atoms with Crippen molar-refractivity contribution in [1.82, 2.24) is 5.32 Å². The van der Waals surface area contributed by atoms with Crippen molar-refractivity contribution in [2.24, 2.45) is 0 Å². The molecule has 0 aliphatic rings. The highest BCUT2D eigenvalue weighted by Crippen LogP contribution is 2.38. The summed E-state index contributed by atoms with van der Waals surface area (Å²) in [6.07, 6.45) is 71.8. The molecule has 0 aliphatic carbocycles. The second-order valence-electron chi connectivity index (χ2n) is 23.3. The zero-order valence-corrected chi connectivity index (χ0v) is 52.3. The van der Waals surface area contributed by atoms with Crippen LogP contribution in [0, 0.1) is 0 Å². The smallest absolute Gasteiger partial charge is 0.306 e. The van der Waals surface area contributed by atoms with E-state index in [2.05, 4.69) is 74.7 Å². The van der Waals surface area contributed by atoms with Crippen LogP contribution in [0.1, 0.15) is 303 Å². The van der Waals surface area contributed by atoms with Gasteiger partial charge < -0.3 is 28.5 Å². The van der Waals surface area contributed by atoms with Crippen molar-refractivity contribution in [1.29, 1.82) is 0 Å². The van der Waals surface area contributed by atoms with Crippen molar-refractivity contribution >= 4 is 19.7 Å². The molecular formula is C67H125N2O7P. The summed E-state index contributed by atoms with van der Waals surface area (Å²) >= 11 is 0. The average Bonchev–Trinajstić information content (AvgIpc) is 3.39. The van der Waals surface area contributed by atoms with Gasteiger partial charge in [-0.2, -0.15) is 0 Å². The minimum absolute atomic E-state index is 0.0233. The SMILES string of the molecule is CCCCC/C=C\C/C=C\C/C=C\C/C=C\CCCCCCCCCCCC(=O)NC(COP(=O)([O-])OCC[N+](C)(C)C)C(/C=C\CCCCCCCCCCCCC)OC(=O)CCCCCCCCCCCCCCC. The predicted molar refractivity (Wildman–Crippen MR) is 330 cm³/mol. The van der Waals surface area contributed by atoms with Crippen LogP contribution in [0.15, 0.2) is 60.8 Å². The fraction of sp³-hybridized carbons (Fsp3) is 0.821. The molecule has 1 amide bonds. The van der Waals surface area contributed by atoms with Gasteiger partial charge in [-0.05, 0) is 76.7 Å². The molecule has 0 radical (unpaired) electrons. The standard InChI is InChI=1S/C67H125N2O7P/c1-7-10-13-16-19-22-25-28-29-30-31-32-33-34-35-36-37-38-39-42-44-47-50-53-56-59-66(70)68-64(63-75-77(72,73)74-62-61-69(4,5)6)65(58-55-52-49-46-43-40-26-23-20-17-14-11-8-2)76-67(71)60-57-54-51-48-45-41-27-24-21-18-15-12-9-3/h19,22,28-29,31-32,34-35,55,58,64-65H,7-18,20-21,23-27,30,33,36-54,56-57,59-63H2,1-6H3,(H-,68,70,72,73)/b22-19-,29-28-,32-31-,35-34-,58-55-. The molecule has 0 aliphatic heterocycles. The number of carbonyl (C=O) groups is 2. The fourth-order valence-electron chi connectivity index (χ4n) is 9.39. The lowest BCUT2D eigenvalue weighted by molar-refractivity contribution is -0.870. The van der Waals surface area contributed by atoms with E-state index in [0.717, 1.165) is 89.9 Å². The van der Waals surface area contributed by atoms with E-state index in [1.165, 1.54) is 180 Å². The van der Waals surface area contributed by atoms with Crippen molar-refractivity contribution < 1.29 is 37.3 Å². The van der Waals surface area contributed by atoms with E-state index in [1.807, 2.05) is 33.3 Å². The molecule has 0 saturated carbocycles. The number of phosphoric ester groups is 1. The second kappa shape index (κ2) is 57.0. The van der Waals surface area contributed by atoms with Gasteiger partial charge in [0.2, 0.25) is 5.91 Å². The summed E-state index contributed by atoms with van der Waals surface area (Å²) in [4.78, 5) is 40.0. The Bertz CT molecular complexity index is 1500. The first-order chi connectivity index (χ1) is 37.4. The summed E-state index contributed by atoms with van der Waals surface area (Å²) < 4.78 is 30.3. The molecule has 0 spiro atoms. The van der Waals surface area contributed by atoms with E-state index < -0.39 is 20.0 Å². The highest BCUT2D eigenvalue weighted by Gasteiger charge is 2.27. The summed E-state index contributed by atoms with van der Waals surface area (Å²) in [5.74, 6) is -0.539. The molecule has 0 bridgehead atoms. The number of nitrogens with zero attached hydrogens (tertiary/aromatic N) is 1. The number of allylic oxidation sites excluding steroid dienone is 9. The van der Waals surface area contributed by atoms with Crippen LogP contribution >= 0.6 is 7.82 Å². The molecule has 10 heteroatoms. The first kappa shape index (κ1) is 74.7. The summed E-state index contributed by atoms with van der Waals surface area (Å²) in [7, 11) is 1.19. The molecule has 0 aromatic carbocycles. The Morgan fingerprint density at radius 1 is 0.455 bits per heavy atom. The van der Waals surface area contributed by atoms with Gasteiger partial charge in [0.05, 0.1) is 33.8 Å². The van der Waals surface area contributed by atoms with Crippen LogP contribution in [0.2, 0.25) is 0 Å². The second-order valence-corrected chi connectivity index (χ2v) is 24.7. The van der Waals surface area contributed by atoms with Gasteiger partial charge in [-0.15, -0.1) is 0 Å². The number of hydrogen-bond acceptors (Lipinski definition) is 7. The van der Waals surface area contributed by atoms with Crippen LogP contribution in [0.25, 0.3) is 0 Å². The quantitative estimate of drug-likeness (QED) is 0.0212. The number of unbranched alkanes of at least 4 members (excludes halogenated alkanes) is 35. The topological polar surface area (TPSA) is 114 Å².